The van der Waals surface area contributed by atoms with Crippen LogP contribution >= 0.6 is 7.82 Å². The van der Waals surface area contributed by atoms with E-state index in [1.807, 2.05) is 0 Å². The van der Waals surface area contributed by atoms with Crippen LogP contribution in [0, 0.1) is 0 Å². The minimum Gasteiger partial charge on any atom is -0.462 e. The molecule has 3 N–H and O–H groups in total. The van der Waals surface area contributed by atoms with Crippen LogP contribution in [0.5, 0.6) is 0 Å². The summed E-state index contributed by atoms with van der Waals surface area (Å²) in [6.07, 6.45) is 2.63. The van der Waals surface area contributed by atoms with Crippen LogP contribution in [-0.4, -0.2) is 39.8 Å². The zero-order valence-electron chi connectivity index (χ0n) is 9.52. The smallest absolute Gasteiger partial charge is 0.462 e. The van der Waals surface area contributed by atoms with Gasteiger partial charge in [0.25, 0.3) is 0 Å². The van der Waals surface area contributed by atoms with E-state index in [-0.39, 0.29) is 13.2 Å². The van der Waals surface area contributed by atoms with Crippen molar-refractivity contribution in [2.75, 3.05) is 13.2 Å². The van der Waals surface area contributed by atoms with Crippen LogP contribution in [0.25, 0.3) is 0 Å². The summed E-state index contributed by atoms with van der Waals surface area (Å²) in [5.41, 5.74) is 0. The van der Waals surface area contributed by atoms with Crippen molar-refractivity contribution in [1.82, 2.24) is 0 Å². The van der Waals surface area contributed by atoms with Gasteiger partial charge in [-0.1, -0.05) is 13.2 Å². The highest BCUT2D eigenvalue weighted by Crippen LogP contribution is 2.25. The Balaban J connectivity index is 0. The molecule has 0 amide bonds. The molecule has 104 valence electrons. The maximum absolute atomic E-state index is 10.5. The summed E-state index contributed by atoms with van der Waals surface area (Å²) in [6, 6.07) is 0. The van der Waals surface area contributed by atoms with Gasteiger partial charge in [0.05, 0.1) is 13.2 Å². The third-order valence-electron chi connectivity index (χ3n) is 1.11. The quantitative estimate of drug-likeness (QED) is 0.266. The largest absolute Gasteiger partial charge is 0.466 e. The predicted octanol–water partition coefficient (Wildman–Crippen LogP) is -0.0937. The predicted molar refractivity (Wildman–Crippen MR) is 61.2 cm³/mol. The van der Waals surface area contributed by atoms with Gasteiger partial charge >= 0.3 is 19.8 Å². The molecule has 8 nitrogen and oxygen atoms in total. The Morgan fingerprint density at radius 3 is 1.50 bits per heavy atom. The molecule has 0 aliphatic rings. The van der Waals surface area contributed by atoms with Gasteiger partial charge in [-0.15, -0.1) is 0 Å². The van der Waals surface area contributed by atoms with Crippen molar-refractivity contribution in [2.45, 2.75) is 6.42 Å². The summed E-state index contributed by atoms with van der Waals surface area (Å²) in [4.78, 5) is 42.6. The van der Waals surface area contributed by atoms with Crippen molar-refractivity contribution in [1.29, 1.82) is 0 Å². The van der Waals surface area contributed by atoms with Crippen LogP contribution < -0.4 is 0 Å². The SMILES string of the molecule is C=CC(=O)OCCCOC(=O)C=C.O=P(O)(O)O. The summed E-state index contributed by atoms with van der Waals surface area (Å²) < 4.78 is 18.1. The topological polar surface area (TPSA) is 130 Å². The highest BCUT2D eigenvalue weighted by Gasteiger charge is 2.00. The molecule has 18 heavy (non-hydrogen) atoms. The van der Waals surface area contributed by atoms with E-state index in [0.29, 0.717) is 6.42 Å². The van der Waals surface area contributed by atoms with E-state index < -0.39 is 19.8 Å². The fraction of sp³-hybridized carbons (Fsp3) is 0.333. The molecule has 0 saturated carbocycles. The average Bonchev–Trinajstić information content (AvgIpc) is 2.25. The van der Waals surface area contributed by atoms with Crippen LogP contribution in [0.15, 0.2) is 25.3 Å². The normalized spacial score (nSPS) is 9.50. The standard InChI is InChI=1S/C9H12O4.H3O4P/c1-3-8(10)12-6-5-7-13-9(11)4-2;1-5(2,3)4/h3-4H,1-2,5-7H2;(H3,1,2,3,4). The van der Waals surface area contributed by atoms with Crippen molar-refractivity contribution in [3.8, 4) is 0 Å². The molecular weight excluding hydrogens is 267 g/mol. The lowest BCUT2D eigenvalue weighted by molar-refractivity contribution is -0.140. The van der Waals surface area contributed by atoms with Crippen molar-refractivity contribution in [3.05, 3.63) is 25.3 Å². The minimum absolute atomic E-state index is 0.218. The Kier molecular flexibility index (Phi) is 11.2. The zero-order chi connectivity index (χ0) is 14.6. The van der Waals surface area contributed by atoms with E-state index in [9.17, 15) is 9.59 Å². The Morgan fingerprint density at radius 1 is 1.00 bits per heavy atom. The number of carbonyl (C=O) groups excluding carboxylic acids is 2. The lowest BCUT2D eigenvalue weighted by atomic mass is 10.5. The van der Waals surface area contributed by atoms with E-state index in [0.717, 1.165) is 12.2 Å². The van der Waals surface area contributed by atoms with E-state index in [2.05, 4.69) is 22.6 Å². The fourth-order valence-electron chi connectivity index (χ4n) is 0.522. The van der Waals surface area contributed by atoms with Crippen LogP contribution in [0.4, 0.5) is 0 Å². The van der Waals surface area contributed by atoms with Gasteiger partial charge in [-0.25, -0.2) is 14.2 Å². The molecule has 0 spiro atoms. The molecule has 0 aromatic rings. The second kappa shape index (κ2) is 10.7. The highest BCUT2D eigenvalue weighted by molar-refractivity contribution is 7.45. The summed E-state index contributed by atoms with van der Waals surface area (Å²) >= 11 is 0. The maximum Gasteiger partial charge on any atom is 0.466 e. The van der Waals surface area contributed by atoms with Gasteiger partial charge in [0.1, 0.15) is 0 Å². The first kappa shape index (κ1) is 18.9. The third-order valence-corrected chi connectivity index (χ3v) is 1.11. The summed E-state index contributed by atoms with van der Waals surface area (Å²) in [6.45, 7) is 6.89. The van der Waals surface area contributed by atoms with Crippen molar-refractivity contribution < 1.29 is 38.3 Å². The molecule has 0 fully saturated rings. The molecule has 0 aliphatic heterocycles. The summed E-state index contributed by atoms with van der Waals surface area (Å²) in [7, 11) is -4.64. The van der Waals surface area contributed by atoms with Gasteiger partial charge in [0.2, 0.25) is 0 Å². The minimum atomic E-state index is -4.64. The number of hydrogen-bond donors (Lipinski definition) is 3. The maximum atomic E-state index is 10.5. The van der Waals surface area contributed by atoms with Crippen molar-refractivity contribution in [3.63, 3.8) is 0 Å². The molecule has 0 radical (unpaired) electrons. The molecule has 0 aromatic heterocycles. The van der Waals surface area contributed by atoms with Gasteiger partial charge in [0.15, 0.2) is 0 Å². The molecular formula is C9H15O8P. The zero-order valence-corrected chi connectivity index (χ0v) is 10.4. The Morgan fingerprint density at radius 2 is 1.28 bits per heavy atom. The first-order valence-corrected chi connectivity index (χ1v) is 6.14. The van der Waals surface area contributed by atoms with Gasteiger partial charge < -0.3 is 24.2 Å². The first-order valence-electron chi connectivity index (χ1n) is 4.57. The number of ether oxygens (including phenoxy) is 2. The summed E-state index contributed by atoms with van der Waals surface area (Å²) in [5.74, 6) is -0.954. The first-order chi connectivity index (χ1) is 8.20. The Labute approximate surface area is 104 Å². The van der Waals surface area contributed by atoms with Crippen molar-refractivity contribution in [2.24, 2.45) is 0 Å². The second-order valence-corrected chi connectivity index (χ2v) is 3.64. The van der Waals surface area contributed by atoms with E-state index in [4.69, 9.17) is 19.2 Å². The molecule has 0 rings (SSSR count). The van der Waals surface area contributed by atoms with Crippen LogP contribution in [0.3, 0.4) is 0 Å². The third kappa shape index (κ3) is 24.0. The van der Waals surface area contributed by atoms with Crippen LogP contribution in [0.1, 0.15) is 6.42 Å². The molecule has 9 heteroatoms. The monoisotopic (exact) mass is 282 g/mol. The van der Waals surface area contributed by atoms with Gasteiger partial charge in [-0.2, -0.15) is 0 Å². The number of rotatable bonds is 6. The Bertz CT molecular complexity index is 301. The molecule has 0 saturated heterocycles. The summed E-state index contributed by atoms with van der Waals surface area (Å²) in [5, 5.41) is 0. The van der Waals surface area contributed by atoms with Gasteiger partial charge in [-0.3, -0.25) is 0 Å². The van der Waals surface area contributed by atoms with Crippen LogP contribution in [-0.2, 0) is 23.6 Å². The average molecular weight is 282 g/mol. The molecule has 0 aliphatic carbocycles. The molecule has 0 unspecified atom stereocenters. The number of phosphoric acid groups is 1. The molecule has 0 bridgehead atoms. The number of esters is 2. The fourth-order valence-corrected chi connectivity index (χ4v) is 0.522. The second-order valence-electron chi connectivity index (χ2n) is 2.61. The van der Waals surface area contributed by atoms with E-state index >= 15 is 0 Å². The van der Waals surface area contributed by atoms with Gasteiger partial charge in [0, 0.05) is 18.6 Å². The number of hydrogen-bond acceptors (Lipinski definition) is 5. The Hall–Kier alpha value is -1.47. The van der Waals surface area contributed by atoms with E-state index in [1.165, 1.54) is 0 Å². The lowest BCUT2D eigenvalue weighted by Crippen LogP contribution is -2.07. The highest BCUT2D eigenvalue weighted by atomic mass is 31.2. The lowest BCUT2D eigenvalue weighted by Gasteiger charge is -2.02. The molecule has 0 atom stereocenters. The van der Waals surface area contributed by atoms with Crippen molar-refractivity contribution >= 4 is 19.8 Å². The van der Waals surface area contributed by atoms with E-state index in [1.54, 1.807) is 0 Å². The van der Waals surface area contributed by atoms with Crippen LogP contribution in [0.2, 0.25) is 0 Å². The molecule has 0 aromatic carbocycles. The number of carbonyl (C=O) groups is 2. The van der Waals surface area contributed by atoms with Gasteiger partial charge in [-0.05, 0) is 0 Å². The molecule has 0 heterocycles.